The average Bonchev–Trinajstić information content (AvgIpc) is 2.15. The predicted molar refractivity (Wildman–Crippen MR) is 49.4 cm³/mol. The van der Waals surface area contributed by atoms with Crippen LogP contribution in [-0.2, 0) is 0 Å². The molecule has 0 heterocycles. The van der Waals surface area contributed by atoms with Gasteiger partial charge in [-0.15, -0.1) is 11.8 Å². The lowest BCUT2D eigenvalue weighted by Crippen LogP contribution is -1.95. The standard InChI is InChI=1S/C11H11FO/c1-2-3-4-11(13)9-5-7-10(12)8-6-9/h5-8,11,13H,4H2,1H3. The molecule has 1 atom stereocenters. The van der Waals surface area contributed by atoms with E-state index in [1.165, 1.54) is 12.1 Å². The molecule has 0 aromatic heterocycles. The Morgan fingerprint density at radius 1 is 1.38 bits per heavy atom. The fourth-order valence-corrected chi connectivity index (χ4v) is 1.00. The summed E-state index contributed by atoms with van der Waals surface area (Å²) in [6.07, 6.45) is -0.227. The Hall–Kier alpha value is -1.33. The van der Waals surface area contributed by atoms with Gasteiger partial charge in [0.05, 0.1) is 6.10 Å². The molecule has 0 bridgehead atoms. The lowest BCUT2D eigenvalue weighted by molar-refractivity contribution is 0.184. The van der Waals surface area contributed by atoms with Gasteiger partial charge >= 0.3 is 0 Å². The molecule has 0 aliphatic heterocycles. The van der Waals surface area contributed by atoms with Crippen LogP contribution >= 0.6 is 0 Å². The van der Waals surface area contributed by atoms with Crippen molar-refractivity contribution >= 4 is 0 Å². The fraction of sp³-hybridized carbons (Fsp3) is 0.273. The van der Waals surface area contributed by atoms with Gasteiger partial charge in [-0.05, 0) is 24.6 Å². The SMILES string of the molecule is CC#CCC(O)c1ccc(F)cc1. The van der Waals surface area contributed by atoms with Crippen LogP contribution in [0.5, 0.6) is 0 Å². The van der Waals surface area contributed by atoms with Gasteiger partial charge in [0.2, 0.25) is 0 Å². The molecule has 0 saturated heterocycles. The van der Waals surface area contributed by atoms with E-state index in [0.717, 1.165) is 0 Å². The van der Waals surface area contributed by atoms with Crippen LogP contribution in [0.3, 0.4) is 0 Å². The van der Waals surface area contributed by atoms with Crippen molar-refractivity contribution in [1.82, 2.24) is 0 Å². The summed E-state index contributed by atoms with van der Waals surface area (Å²) in [5, 5.41) is 9.52. The summed E-state index contributed by atoms with van der Waals surface area (Å²) in [6.45, 7) is 1.72. The normalized spacial score (nSPS) is 11.6. The maximum Gasteiger partial charge on any atom is 0.123 e. The molecule has 13 heavy (non-hydrogen) atoms. The number of hydrogen-bond donors (Lipinski definition) is 1. The molecule has 0 aliphatic carbocycles. The maximum atomic E-state index is 12.5. The van der Waals surface area contributed by atoms with Gasteiger partial charge in [-0.2, -0.15) is 0 Å². The number of aliphatic hydroxyl groups excluding tert-OH is 1. The van der Waals surface area contributed by atoms with E-state index in [1.807, 2.05) is 0 Å². The summed E-state index contributed by atoms with van der Waals surface area (Å²) >= 11 is 0. The second-order valence-electron chi connectivity index (χ2n) is 2.70. The molecule has 1 aromatic rings. The van der Waals surface area contributed by atoms with Gasteiger partial charge in [0.15, 0.2) is 0 Å². The first-order valence-corrected chi connectivity index (χ1v) is 4.07. The van der Waals surface area contributed by atoms with Gasteiger partial charge in [-0.1, -0.05) is 12.1 Å². The zero-order chi connectivity index (χ0) is 9.68. The van der Waals surface area contributed by atoms with Gasteiger partial charge in [0.1, 0.15) is 5.82 Å². The Morgan fingerprint density at radius 2 is 2.00 bits per heavy atom. The van der Waals surface area contributed by atoms with Crippen LogP contribution in [0.25, 0.3) is 0 Å². The van der Waals surface area contributed by atoms with Crippen molar-refractivity contribution in [2.24, 2.45) is 0 Å². The van der Waals surface area contributed by atoms with E-state index in [1.54, 1.807) is 19.1 Å². The fourth-order valence-electron chi connectivity index (χ4n) is 1.00. The predicted octanol–water partition coefficient (Wildman–Crippen LogP) is 2.27. The zero-order valence-electron chi connectivity index (χ0n) is 7.42. The molecule has 0 aliphatic rings. The molecule has 1 unspecified atom stereocenters. The van der Waals surface area contributed by atoms with E-state index in [0.29, 0.717) is 12.0 Å². The first-order valence-electron chi connectivity index (χ1n) is 4.07. The molecule has 0 saturated carbocycles. The largest absolute Gasteiger partial charge is 0.387 e. The number of benzene rings is 1. The third-order valence-electron chi connectivity index (χ3n) is 1.73. The lowest BCUT2D eigenvalue weighted by atomic mass is 10.1. The third kappa shape index (κ3) is 2.89. The molecule has 0 radical (unpaired) electrons. The highest BCUT2D eigenvalue weighted by Crippen LogP contribution is 2.15. The molecule has 68 valence electrons. The van der Waals surface area contributed by atoms with Crippen LogP contribution in [0.15, 0.2) is 24.3 Å². The van der Waals surface area contributed by atoms with Crippen LogP contribution in [0.4, 0.5) is 4.39 Å². The Kier molecular flexibility index (Phi) is 3.48. The van der Waals surface area contributed by atoms with Crippen LogP contribution < -0.4 is 0 Å². The van der Waals surface area contributed by atoms with Crippen molar-refractivity contribution in [3.05, 3.63) is 35.6 Å². The summed E-state index contributed by atoms with van der Waals surface area (Å²) in [7, 11) is 0. The second kappa shape index (κ2) is 4.64. The number of rotatable bonds is 2. The second-order valence-corrected chi connectivity index (χ2v) is 2.70. The van der Waals surface area contributed by atoms with Crippen molar-refractivity contribution in [3.63, 3.8) is 0 Å². The summed E-state index contributed by atoms with van der Waals surface area (Å²) in [5.41, 5.74) is 0.698. The average molecular weight is 178 g/mol. The van der Waals surface area contributed by atoms with Gasteiger partial charge in [-0.25, -0.2) is 4.39 Å². The summed E-state index contributed by atoms with van der Waals surface area (Å²) in [4.78, 5) is 0. The van der Waals surface area contributed by atoms with Crippen molar-refractivity contribution in [1.29, 1.82) is 0 Å². The lowest BCUT2D eigenvalue weighted by Gasteiger charge is -2.06. The molecule has 1 aromatic carbocycles. The molecule has 0 amide bonds. The zero-order valence-corrected chi connectivity index (χ0v) is 7.42. The highest BCUT2D eigenvalue weighted by Gasteiger charge is 2.04. The number of hydrogen-bond acceptors (Lipinski definition) is 1. The van der Waals surface area contributed by atoms with Gasteiger partial charge in [0, 0.05) is 6.42 Å². The van der Waals surface area contributed by atoms with Gasteiger partial charge in [0.25, 0.3) is 0 Å². The maximum absolute atomic E-state index is 12.5. The molecule has 1 N–H and O–H groups in total. The summed E-state index contributed by atoms with van der Waals surface area (Å²) < 4.78 is 12.5. The molecular formula is C11H11FO. The topological polar surface area (TPSA) is 20.2 Å². The summed E-state index contributed by atoms with van der Waals surface area (Å²) in [5.74, 6) is 5.17. The van der Waals surface area contributed by atoms with Crippen molar-refractivity contribution in [2.75, 3.05) is 0 Å². The molecule has 2 heteroatoms. The Balaban J connectivity index is 2.69. The van der Waals surface area contributed by atoms with E-state index in [9.17, 15) is 9.50 Å². The van der Waals surface area contributed by atoms with E-state index in [-0.39, 0.29) is 5.82 Å². The number of aliphatic hydroxyl groups is 1. The Labute approximate surface area is 77.2 Å². The van der Waals surface area contributed by atoms with Crippen molar-refractivity contribution in [2.45, 2.75) is 19.4 Å². The highest BCUT2D eigenvalue weighted by molar-refractivity contribution is 5.19. The third-order valence-corrected chi connectivity index (χ3v) is 1.73. The van der Waals surface area contributed by atoms with E-state index >= 15 is 0 Å². The molecule has 1 rings (SSSR count). The van der Waals surface area contributed by atoms with Crippen LogP contribution in [0.1, 0.15) is 25.0 Å². The van der Waals surface area contributed by atoms with Gasteiger partial charge < -0.3 is 5.11 Å². The number of halogens is 1. The molecule has 0 fully saturated rings. The first-order chi connectivity index (χ1) is 6.24. The minimum Gasteiger partial charge on any atom is -0.387 e. The van der Waals surface area contributed by atoms with Crippen molar-refractivity contribution in [3.8, 4) is 11.8 Å². The van der Waals surface area contributed by atoms with Crippen LogP contribution in [0, 0.1) is 17.7 Å². The smallest absolute Gasteiger partial charge is 0.123 e. The minimum absolute atomic E-state index is 0.294. The van der Waals surface area contributed by atoms with Crippen LogP contribution in [0.2, 0.25) is 0 Å². The highest BCUT2D eigenvalue weighted by atomic mass is 19.1. The van der Waals surface area contributed by atoms with Crippen molar-refractivity contribution < 1.29 is 9.50 Å². The first kappa shape index (κ1) is 9.76. The Bertz CT molecular complexity index is 318. The van der Waals surface area contributed by atoms with E-state index in [2.05, 4.69) is 11.8 Å². The van der Waals surface area contributed by atoms with E-state index in [4.69, 9.17) is 0 Å². The Morgan fingerprint density at radius 3 is 2.54 bits per heavy atom. The minimum atomic E-state index is -0.618. The summed E-state index contributed by atoms with van der Waals surface area (Å²) in [6, 6.07) is 5.80. The molecular weight excluding hydrogens is 167 g/mol. The van der Waals surface area contributed by atoms with E-state index < -0.39 is 6.10 Å². The molecule has 1 nitrogen and oxygen atoms in total. The molecule has 0 spiro atoms. The quantitative estimate of drug-likeness (QED) is 0.689. The van der Waals surface area contributed by atoms with Gasteiger partial charge in [-0.3, -0.25) is 0 Å². The monoisotopic (exact) mass is 178 g/mol. The van der Waals surface area contributed by atoms with Crippen LogP contribution in [-0.4, -0.2) is 5.11 Å².